The molecule has 1 aliphatic rings. The van der Waals surface area contributed by atoms with Crippen molar-refractivity contribution < 1.29 is 0 Å². The molecule has 0 saturated heterocycles. The standard InChI is InChI=1S/C22H20N2/c23-21(20-9-4-5-16-24-20)22(14-6-15-22)19-12-10-18(11-13-19)17-7-2-1-3-8-17/h1-5,7-13,16,23H,6,14-15H2. The molecule has 3 aromatic rings. The molecule has 4 rings (SSSR count). The highest BCUT2D eigenvalue weighted by Crippen LogP contribution is 2.46. The van der Waals surface area contributed by atoms with Gasteiger partial charge >= 0.3 is 0 Å². The van der Waals surface area contributed by atoms with E-state index in [2.05, 4.69) is 53.5 Å². The molecule has 1 aliphatic carbocycles. The minimum atomic E-state index is -0.163. The van der Waals surface area contributed by atoms with Crippen molar-refractivity contribution in [3.63, 3.8) is 0 Å². The lowest BCUT2D eigenvalue weighted by Crippen LogP contribution is -2.42. The predicted octanol–water partition coefficient (Wildman–Crippen LogP) is 5.24. The molecule has 1 N–H and O–H groups in total. The van der Waals surface area contributed by atoms with E-state index in [1.54, 1.807) is 6.20 Å². The largest absolute Gasteiger partial charge is 0.302 e. The number of hydrogen-bond acceptors (Lipinski definition) is 2. The number of rotatable bonds is 4. The van der Waals surface area contributed by atoms with Crippen LogP contribution in [0.3, 0.4) is 0 Å². The first-order chi connectivity index (χ1) is 11.8. The smallest absolute Gasteiger partial charge is 0.0846 e. The lowest BCUT2D eigenvalue weighted by molar-refractivity contribution is 0.339. The van der Waals surface area contributed by atoms with Gasteiger partial charge in [-0.15, -0.1) is 0 Å². The number of nitrogens with zero attached hydrogens (tertiary/aromatic N) is 1. The summed E-state index contributed by atoms with van der Waals surface area (Å²) in [6.07, 6.45) is 5.02. The molecule has 2 nitrogen and oxygen atoms in total. The summed E-state index contributed by atoms with van der Waals surface area (Å²) in [7, 11) is 0. The zero-order chi connectivity index (χ0) is 16.4. The summed E-state index contributed by atoms with van der Waals surface area (Å²) in [5, 5.41) is 8.73. The maximum Gasteiger partial charge on any atom is 0.0846 e. The van der Waals surface area contributed by atoms with Crippen LogP contribution in [0.15, 0.2) is 79.0 Å². The molecule has 1 aromatic heterocycles. The first-order valence-corrected chi connectivity index (χ1v) is 8.46. The Morgan fingerprint density at radius 2 is 1.46 bits per heavy atom. The SMILES string of the molecule is N=C(c1ccccn1)C1(c2ccc(-c3ccccc3)cc2)CCC1. The monoisotopic (exact) mass is 312 g/mol. The van der Waals surface area contributed by atoms with Crippen molar-refractivity contribution in [2.24, 2.45) is 0 Å². The van der Waals surface area contributed by atoms with E-state index in [1.165, 1.54) is 23.1 Å². The van der Waals surface area contributed by atoms with Gasteiger partial charge in [0.15, 0.2) is 0 Å². The van der Waals surface area contributed by atoms with Gasteiger partial charge in [-0.25, -0.2) is 0 Å². The highest BCUT2D eigenvalue weighted by molar-refractivity contribution is 6.05. The summed E-state index contributed by atoms with van der Waals surface area (Å²) in [6.45, 7) is 0. The molecule has 0 radical (unpaired) electrons. The first kappa shape index (κ1) is 14.8. The molecule has 0 spiro atoms. The van der Waals surface area contributed by atoms with Crippen molar-refractivity contribution in [3.8, 4) is 11.1 Å². The van der Waals surface area contributed by atoms with E-state index in [4.69, 9.17) is 5.41 Å². The van der Waals surface area contributed by atoms with Crippen molar-refractivity contribution in [1.29, 1.82) is 5.41 Å². The van der Waals surface area contributed by atoms with E-state index in [1.807, 2.05) is 24.3 Å². The summed E-state index contributed by atoms with van der Waals surface area (Å²) in [5.74, 6) is 0. The molecule has 0 atom stereocenters. The summed E-state index contributed by atoms with van der Waals surface area (Å²) >= 11 is 0. The van der Waals surface area contributed by atoms with E-state index in [0.29, 0.717) is 5.71 Å². The van der Waals surface area contributed by atoms with E-state index in [9.17, 15) is 0 Å². The van der Waals surface area contributed by atoms with Crippen molar-refractivity contribution in [1.82, 2.24) is 4.98 Å². The van der Waals surface area contributed by atoms with E-state index in [0.717, 1.165) is 18.5 Å². The average Bonchev–Trinajstić information content (AvgIpc) is 2.63. The second-order valence-corrected chi connectivity index (χ2v) is 6.47. The van der Waals surface area contributed by atoms with Crippen LogP contribution in [-0.2, 0) is 5.41 Å². The van der Waals surface area contributed by atoms with Gasteiger partial charge in [-0.2, -0.15) is 0 Å². The van der Waals surface area contributed by atoms with E-state index < -0.39 is 0 Å². The molecular formula is C22H20N2. The van der Waals surface area contributed by atoms with Crippen LogP contribution in [0.25, 0.3) is 11.1 Å². The van der Waals surface area contributed by atoms with Gasteiger partial charge in [0.05, 0.1) is 11.4 Å². The Morgan fingerprint density at radius 3 is 2.04 bits per heavy atom. The van der Waals surface area contributed by atoms with Crippen LogP contribution in [0.4, 0.5) is 0 Å². The van der Waals surface area contributed by atoms with Crippen LogP contribution < -0.4 is 0 Å². The normalized spacial score (nSPS) is 15.5. The third-order valence-electron chi connectivity index (χ3n) is 5.15. The molecule has 0 aliphatic heterocycles. The molecule has 0 bridgehead atoms. The number of hydrogen-bond donors (Lipinski definition) is 1. The molecule has 1 heterocycles. The van der Waals surface area contributed by atoms with Crippen molar-refractivity contribution >= 4 is 5.71 Å². The van der Waals surface area contributed by atoms with Crippen LogP contribution in [0, 0.1) is 5.41 Å². The summed E-state index contributed by atoms with van der Waals surface area (Å²) in [5.41, 5.74) is 4.98. The maximum atomic E-state index is 8.73. The minimum absolute atomic E-state index is 0.163. The van der Waals surface area contributed by atoms with Crippen molar-refractivity contribution in [3.05, 3.63) is 90.3 Å². The average molecular weight is 312 g/mol. The van der Waals surface area contributed by atoms with E-state index in [-0.39, 0.29) is 5.41 Å². The van der Waals surface area contributed by atoms with Gasteiger partial charge in [-0.3, -0.25) is 4.98 Å². The zero-order valence-electron chi connectivity index (χ0n) is 13.6. The van der Waals surface area contributed by atoms with Gasteiger partial charge in [0.2, 0.25) is 0 Å². The molecule has 0 unspecified atom stereocenters. The fraction of sp³-hybridized carbons (Fsp3) is 0.182. The highest BCUT2D eigenvalue weighted by atomic mass is 14.7. The maximum absolute atomic E-state index is 8.73. The Labute approximate surface area is 142 Å². The first-order valence-electron chi connectivity index (χ1n) is 8.46. The number of aromatic nitrogens is 1. The highest BCUT2D eigenvalue weighted by Gasteiger charge is 2.43. The van der Waals surface area contributed by atoms with Crippen LogP contribution in [0.5, 0.6) is 0 Å². The molecular weight excluding hydrogens is 292 g/mol. The Hall–Kier alpha value is -2.74. The minimum Gasteiger partial charge on any atom is -0.302 e. The molecule has 1 saturated carbocycles. The summed E-state index contributed by atoms with van der Waals surface area (Å²) in [4.78, 5) is 4.39. The Kier molecular flexibility index (Phi) is 3.73. The molecule has 24 heavy (non-hydrogen) atoms. The van der Waals surface area contributed by atoms with Crippen molar-refractivity contribution in [2.75, 3.05) is 0 Å². The van der Waals surface area contributed by atoms with Crippen LogP contribution in [0.1, 0.15) is 30.5 Å². The van der Waals surface area contributed by atoms with Crippen LogP contribution in [0.2, 0.25) is 0 Å². The van der Waals surface area contributed by atoms with Gasteiger partial charge in [0.1, 0.15) is 0 Å². The quantitative estimate of drug-likeness (QED) is 0.657. The second kappa shape index (κ2) is 6.04. The topological polar surface area (TPSA) is 36.7 Å². The molecule has 0 amide bonds. The van der Waals surface area contributed by atoms with Crippen LogP contribution in [-0.4, -0.2) is 10.7 Å². The Balaban J connectivity index is 1.67. The van der Waals surface area contributed by atoms with Gasteiger partial charge in [0, 0.05) is 11.6 Å². The van der Waals surface area contributed by atoms with Gasteiger partial charge in [-0.05, 0) is 41.7 Å². The Morgan fingerprint density at radius 1 is 0.792 bits per heavy atom. The molecule has 1 fully saturated rings. The summed E-state index contributed by atoms with van der Waals surface area (Å²) < 4.78 is 0. The zero-order valence-corrected chi connectivity index (χ0v) is 13.6. The predicted molar refractivity (Wildman–Crippen MR) is 98.5 cm³/mol. The van der Waals surface area contributed by atoms with Gasteiger partial charge in [0.25, 0.3) is 0 Å². The van der Waals surface area contributed by atoms with E-state index >= 15 is 0 Å². The second-order valence-electron chi connectivity index (χ2n) is 6.47. The number of pyridine rings is 1. The molecule has 2 aromatic carbocycles. The van der Waals surface area contributed by atoms with Gasteiger partial charge in [-0.1, -0.05) is 67.1 Å². The Bertz CT molecular complexity index is 832. The fourth-order valence-corrected chi connectivity index (χ4v) is 3.58. The fourth-order valence-electron chi connectivity index (χ4n) is 3.58. The lowest BCUT2D eigenvalue weighted by Gasteiger charge is -2.42. The van der Waals surface area contributed by atoms with Crippen LogP contribution >= 0.6 is 0 Å². The summed E-state index contributed by atoms with van der Waals surface area (Å²) in [6, 6.07) is 25.0. The molecule has 2 heteroatoms. The lowest BCUT2D eigenvalue weighted by atomic mass is 9.61. The molecule has 118 valence electrons. The van der Waals surface area contributed by atoms with Gasteiger partial charge < -0.3 is 5.41 Å². The van der Waals surface area contributed by atoms with Crippen molar-refractivity contribution in [2.45, 2.75) is 24.7 Å². The number of nitrogens with one attached hydrogen (secondary N) is 1. The third-order valence-corrected chi connectivity index (χ3v) is 5.15. The third kappa shape index (κ3) is 2.44. The number of benzene rings is 2.